The number of benzene rings is 2. The molecule has 0 amide bonds. The Kier molecular flexibility index (Phi) is 21.3. The molecule has 0 spiro atoms. The number of pyridine rings is 2. The highest BCUT2D eigenvalue weighted by atomic mass is 79.9. The van der Waals surface area contributed by atoms with Gasteiger partial charge >= 0.3 is 0 Å². The summed E-state index contributed by atoms with van der Waals surface area (Å²) in [5, 5.41) is 0. The van der Waals surface area contributed by atoms with E-state index < -0.39 is 0 Å². The molecule has 0 unspecified atom stereocenters. The smallest absolute Gasteiger partial charge is 0.176 e. The molecule has 0 bridgehead atoms. The molecule has 47 heavy (non-hydrogen) atoms. The fourth-order valence-electron chi connectivity index (χ4n) is 6.09. The molecule has 0 radical (unpaired) electrons. The lowest BCUT2D eigenvalue weighted by molar-refractivity contribution is -0.697. The predicted molar refractivity (Wildman–Crippen MR) is 189 cm³/mol. The second-order valence-electron chi connectivity index (χ2n) is 12.8. The van der Waals surface area contributed by atoms with E-state index in [2.05, 4.69) is 121 Å². The molecule has 0 atom stereocenters. The average molecular weight is 767 g/mol. The number of halogens is 2. The van der Waals surface area contributed by atoms with Gasteiger partial charge in [-0.25, -0.2) is 9.13 Å². The van der Waals surface area contributed by atoms with Crippen LogP contribution in [0.1, 0.15) is 117 Å². The molecule has 0 N–H and O–H groups in total. The minimum atomic E-state index is 0. The third-order valence-corrected chi connectivity index (χ3v) is 8.87. The molecule has 0 saturated carbocycles. The van der Waals surface area contributed by atoms with Crippen molar-refractivity contribution in [3.63, 3.8) is 0 Å². The van der Waals surface area contributed by atoms with Crippen molar-refractivity contribution >= 4 is 0 Å². The molecule has 0 aliphatic rings. The monoisotopic (exact) mass is 764 g/mol. The lowest BCUT2D eigenvalue weighted by atomic mass is 10.1. The fraction of sp³-hybridized carbons (Fsp3) is 0.476. The van der Waals surface area contributed by atoms with Gasteiger partial charge < -0.3 is 38.7 Å². The summed E-state index contributed by atoms with van der Waals surface area (Å²) in [6.07, 6.45) is 30.6. The maximum atomic E-state index is 6.21. The molecule has 0 aliphatic carbocycles. The number of hydrogen-bond acceptors (Lipinski definition) is 1. The van der Waals surface area contributed by atoms with Crippen molar-refractivity contribution in [2.24, 2.45) is 0 Å². The highest BCUT2D eigenvalue weighted by molar-refractivity contribution is 5.63. The first kappa shape index (κ1) is 40.7. The van der Waals surface area contributed by atoms with Gasteiger partial charge in [-0.05, 0) is 60.4 Å². The second-order valence-corrected chi connectivity index (χ2v) is 12.8. The average Bonchev–Trinajstić information content (AvgIpc) is 3.08. The highest BCUT2D eigenvalue weighted by Gasteiger charge is 2.08. The van der Waals surface area contributed by atoms with Gasteiger partial charge in [0, 0.05) is 36.1 Å². The van der Waals surface area contributed by atoms with E-state index in [0.29, 0.717) is 0 Å². The Balaban J connectivity index is 0.00000384. The van der Waals surface area contributed by atoms with Crippen LogP contribution in [0.5, 0.6) is 11.5 Å². The summed E-state index contributed by atoms with van der Waals surface area (Å²) in [6, 6.07) is 25.7. The quantitative estimate of drug-likeness (QED) is 0.0745. The van der Waals surface area contributed by atoms with Crippen LogP contribution in [0.15, 0.2) is 97.6 Å². The first-order chi connectivity index (χ1) is 22.2. The largest absolute Gasteiger partial charge is 1.00 e. The molecule has 0 saturated heterocycles. The summed E-state index contributed by atoms with van der Waals surface area (Å²) >= 11 is 0. The van der Waals surface area contributed by atoms with Crippen LogP contribution < -0.4 is 47.8 Å². The van der Waals surface area contributed by atoms with Crippen molar-refractivity contribution in [2.75, 3.05) is 0 Å². The van der Waals surface area contributed by atoms with Crippen molar-refractivity contribution in [1.29, 1.82) is 0 Å². The Hall–Kier alpha value is -2.50. The van der Waals surface area contributed by atoms with Crippen LogP contribution in [0.3, 0.4) is 0 Å². The van der Waals surface area contributed by atoms with Crippen LogP contribution in [-0.4, -0.2) is 0 Å². The maximum Gasteiger partial charge on any atom is 0.176 e. The van der Waals surface area contributed by atoms with Crippen molar-refractivity contribution in [3.8, 4) is 33.8 Å². The van der Waals surface area contributed by atoms with Gasteiger partial charge in [0.25, 0.3) is 0 Å². The van der Waals surface area contributed by atoms with E-state index in [-0.39, 0.29) is 34.0 Å². The molecule has 0 aliphatic heterocycles. The summed E-state index contributed by atoms with van der Waals surface area (Å²) in [5.41, 5.74) is 4.92. The standard InChI is InChI=1S/C42H58N2O.2BrH/c1-3-5-7-9-11-13-15-17-31-43-33-19-21-39(35-43)37-23-27-41(28-24-37)45-42-29-25-38(26-30-42)40-22-20-34-44(36-40)32-18-16-14-12-10-8-6-4-2;;/h19-30,33-36H,3-18,31-32H2,1-2H3;2*1H/q+2;;/p-2. The molecular weight excluding hydrogens is 708 g/mol. The van der Waals surface area contributed by atoms with E-state index >= 15 is 0 Å². The van der Waals surface area contributed by atoms with E-state index in [0.717, 1.165) is 24.6 Å². The molecule has 0 fully saturated rings. The van der Waals surface area contributed by atoms with Gasteiger partial charge in [-0.2, -0.15) is 0 Å². The van der Waals surface area contributed by atoms with Gasteiger partial charge in [0.05, 0.1) is 0 Å². The summed E-state index contributed by atoms with van der Waals surface area (Å²) in [5.74, 6) is 1.72. The Morgan fingerprint density at radius 2 is 0.745 bits per heavy atom. The maximum absolute atomic E-state index is 6.21. The zero-order valence-corrected chi connectivity index (χ0v) is 32.2. The lowest BCUT2D eigenvalue weighted by Crippen LogP contribution is -3.00. The summed E-state index contributed by atoms with van der Waals surface area (Å²) in [6.45, 7) is 6.74. The van der Waals surface area contributed by atoms with Gasteiger partial charge in [0.2, 0.25) is 0 Å². The van der Waals surface area contributed by atoms with Crippen molar-refractivity contribution < 1.29 is 47.8 Å². The normalized spacial score (nSPS) is 10.7. The SMILES string of the molecule is CCCCCCCCCC[n+]1cccc(-c2ccc(Oc3ccc(-c4ccc[n+](CCCCCCCCCC)c4)cc3)cc2)c1.[Br-].[Br-]. The van der Waals surface area contributed by atoms with Crippen LogP contribution >= 0.6 is 0 Å². The molecule has 2 aromatic heterocycles. The van der Waals surface area contributed by atoms with E-state index in [4.69, 9.17) is 4.74 Å². The topological polar surface area (TPSA) is 17.0 Å². The lowest BCUT2D eigenvalue weighted by Gasteiger charge is -2.08. The molecule has 4 aromatic rings. The van der Waals surface area contributed by atoms with Gasteiger partial charge in [-0.1, -0.05) is 115 Å². The van der Waals surface area contributed by atoms with Gasteiger partial charge in [-0.15, -0.1) is 0 Å². The first-order valence-electron chi connectivity index (χ1n) is 18.1. The zero-order valence-electron chi connectivity index (χ0n) is 29.0. The number of ether oxygens (including phenoxy) is 1. The minimum absolute atomic E-state index is 0. The zero-order chi connectivity index (χ0) is 31.4. The van der Waals surface area contributed by atoms with E-state index in [9.17, 15) is 0 Å². The molecule has 256 valence electrons. The highest BCUT2D eigenvalue weighted by Crippen LogP contribution is 2.27. The number of aromatic nitrogens is 2. The van der Waals surface area contributed by atoms with Crippen LogP contribution in [0.2, 0.25) is 0 Å². The number of unbranched alkanes of at least 4 members (excludes halogenated alkanes) is 14. The molecule has 3 nitrogen and oxygen atoms in total. The molecule has 2 heterocycles. The summed E-state index contributed by atoms with van der Waals surface area (Å²) in [4.78, 5) is 0. The third-order valence-electron chi connectivity index (χ3n) is 8.87. The number of rotatable bonds is 22. The van der Waals surface area contributed by atoms with Gasteiger partial charge in [0.1, 0.15) is 24.6 Å². The Bertz CT molecular complexity index is 1250. The molecule has 4 rings (SSSR count). The van der Waals surface area contributed by atoms with Crippen molar-refractivity contribution in [3.05, 3.63) is 97.6 Å². The molecule has 2 aromatic carbocycles. The van der Waals surface area contributed by atoms with Crippen molar-refractivity contribution in [2.45, 2.75) is 130 Å². The second kappa shape index (κ2) is 24.6. The summed E-state index contributed by atoms with van der Waals surface area (Å²) in [7, 11) is 0. The van der Waals surface area contributed by atoms with Crippen molar-refractivity contribution in [1.82, 2.24) is 0 Å². The van der Waals surface area contributed by atoms with Crippen LogP contribution in [0.25, 0.3) is 22.3 Å². The Labute approximate surface area is 307 Å². The van der Waals surface area contributed by atoms with E-state index in [1.165, 1.54) is 125 Å². The van der Waals surface area contributed by atoms with Crippen LogP contribution in [0, 0.1) is 0 Å². The Morgan fingerprint density at radius 3 is 1.11 bits per heavy atom. The molecule has 5 heteroatoms. The van der Waals surface area contributed by atoms with Gasteiger partial charge in [-0.3, -0.25) is 0 Å². The minimum Gasteiger partial charge on any atom is -1.00 e. The third kappa shape index (κ3) is 15.5. The summed E-state index contributed by atoms with van der Waals surface area (Å²) < 4.78 is 10.9. The van der Waals surface area contributed by atoms with E-state index in [1.807, 2.05) is 0 Å². The number of hydrogen-bond donors (Lipinski definition) is 0. The predicted octanol–water partition coefficient (Wildman–Crippen LogP) is 5.68. The van der Waals surface area contributed by atoms with Crippen LogP contribution in [0.4, 0.5) is 0 Å². The first-order valence-corrected chi connectivity index (χ1v) is 18.1. The van der Waals surface area contributed by atoms with Gasteiger partial charge in [0.15, 0.2) is 24.8 Å². The molecular formula is C42H58Br2N2O. The Morgan fingerprint density at radius 1 is 0.404 bits per heavy atom. The fourth-order valence-corrected chi connectivity index (χ4v) is 6.09. The number of aryl methyl sites for hydroxylation is 2. The van der Waals surface area contributed by atoms with E-state index in [1.54, 1.807) is 0 Å². The number of nitrogens with zero attached hydrogens (tertiary/aromatic N) is 2. The van der Waals surface area contributed by atoms with Crippen LogP contribution in [-0.2, 0) is 13.1 Å².